The van der Waals surface area contributed by atoms with Crippen LogP contribution in [0.2, 0.25) is 0 Å². The maximum absolute atomic E-state index is 5.10. The molecule has 8 bridgehead atoms. The van der Waals surface area contributed by atoms with Crippen LogP contribution in [0.3, 0.4) is 0 Å². The molecule has 3 aromatic heterocycles. The lowest BCUT2D eigenvalue weighted by Crippen LogP contribution is -2.14. The first-order valence-electron chi connectivity index (χ1n) is 11.6. The molecule has 4 atom stereocenters. The third-order valence-electron chi connectivity index (χ3n) is 7.72. The quantitative estimate of drug-likeness (QED) is 0.574. The lowest BCUT2D eigenvalue weighted by molar-refractivity contribution is 0.404. The molecule has 0 saturated carbocycles. The highest BCUT2D eigenvalue weighted by atomic mass is 15.1. The molecule has 162 valence electrons. The van der Waals surface area contributed by atoms with Gasteiger partial charge in [-0.15, -0.1) is 0 Å². The highest BCUT2D eigenvalue weighted by Gasteiger charge is 2.39. The minimum Gasteiger partial charge on any atom is -0.355 e. The molecule has 4 aliphatic heterocycles. The van der Waals surface area contributed by atoms with Crippen LogP contribution in [0.5, 0.6) is 0 Å². The van der Waals surface area contributed by atoms with Crippen molar-refractivity contribution < 1.29 is 0 Å². The highest BCUT2D eigenvalue weighted by Crippen LogP contribution is 2.43. The van der Waals surface area contributed by atoms with Crippen molar-refractivity contribution in [2.24, 2.45) is 0 Å². The number of H-pyrrole nitrogens is 2. The van der Waals surface area contributed by atoms with E-state index in [0.717, 1.165) is 48.2 Å². The zero-order valence-corrected chi connectivity index (χ0v) is 18.5. The highest BCUT2D eigenvalue weighted by molar-refractivity contribution is 5.63. The molecular weight excluding hydrogens is 396 g/mol. The molecule has 6 heteroatoms. The number of likely N-dealkylation sites (N-methyl/N-ethyl adjacent to an activating group) is 2. The van der Waals surface area contributed by atoms with Crippen LogP contribution in [-0.4, -0.2) is 70.0 Å². The number of nitrogens with one attached hydrogen (secondary N) is 2. The maximum atomic E-state index is 5.10. The third kappa shape index (κ3) is 2.93. The average molecular weight is 425 g/mol. The molecule has 32 heavy (non-hydrogen) atoms. The van der Waals surface area contributed by atoms with E-state index < -0.39 is 0 Å². The number of nitrogens with zero attached hydrogens (tertiary/aromatic N) is 4. The van der Waals surface area contributed by atoms with E-state index in [-0.39, 0.29) is 0 Å². The van der Waals surface area contributed by atoms with Gasteiger partial charge in [0.1, 0.15) is 0 Å². The zero-order valence-electron chi connectivity index (χ0n) is 18.5. The minimum absolute atomic E-state index is 0.462. The smallest absolute Gasteiger partial charge is 0.0478 e. The summed E-state index contributed by atoms with van der Waals surface area (Å²) in [5.74, 6) is 1.85. The first kappa shape index (κ1) is 18.6. The Bertz CT molecular complexity index is 1170. The normalized spacial score (nSPS) is 27.6. The molecule has 2 saturated heterocycles. The lowest BCUT2D eigenvalue weighted by atomic mass is 9.93. The Balaban J connectivity index is 1.49. The Kier molecular flexibility index (Phi) is 3.93. The van der Waals surface area contributed by atoms with E-state index >= 15 is 0 Å². The largest absolute Gasteiger partial charge is 0.355 e. The van der Waals surface area contributed by atoms with Crippen molar-refractivity contribution in [3.05, 3.63) is 71.3 Å². The van der Waals surface area contributed by atoms with E-state index in [0.29, 0.717) is 23.7 Å². The van der Waals surface area contributed by atoms with Gasteiger partial charge in [0.05, 0.1) is 0 Å². The standard InChI is InChI=1S/C26H28N6/c1-31-11-19-20(12-31)24-8-16-4-6-18(28-16)10-26-22-14-32(2)13-21(22)25(30-26)9-17-5-3-15(27-17)7-23(19)29-24/h3-10,19-22,27-28H,11-14H2,1-2H3. The van der Waals surface area contributed by atoms with Crippen molar-refractivity contribution in [2.75, 3.05) is 40.3 Å². The monoisotopic (exact) mass is 424 g/mol. The van der Waals surface area contributed by atoms with Crippen LogP contribution in [-0.2, 0) is 0 Å². The second-order valence-corrected chi connectivity index (χ2v) is 10.1. The molecule has 0 radical (unpaired) electrons. The van der Waals surface area contributed by atoms with Gasteiger partial charge in [-0.1, -0.05) is 0 Å². The summed E-state index contributed by atoms with van der Waals surface area (Å²) in [5, 5.41) is 0. The van der Waals surface area contributed by atoms with Crippen molar-refractivity contribution >= 4 is 22.1 Å². The summed E-state index contributed by atoms with van der Waals surface area (Å²) in [7, 11) is 4.43. The second kappa shape index (κ2) is 6.77. The molecule has 0 spiro atoms. The van der Waals surface area contributed by atoms with Gasteiger partial charge in [-0.3, -0.25) is 9.97 Å². The van der Waals surface area contributed by atoms with Crippen LogP contribution in [0.25, 0.3) is 22.1 Å². The van der Waals surface area contributed by atoms with Crippen molar-refractivity contribution in [3.8, 4) is 0 Å². The van der Waals surface area contributed by atoms with E-state index in [2.05, 4.69) is 82.4 Å². The topological polar surface area (TPSA) is 63.8 Å². The second-order valence-electron chi connectivity index (χ2n) is 10.1. The molecular formula is C26H28N6. The molecule has 0 aromatic carbocycles. The fraction of sp³-hybridized carbons (Fsp3) is 0.385. The van der Waals surface area contributed by atoms with Crippen molar-refractivity contribution in [1.82, 2.24) is 29.7 Å². The molecule has 7 rings (SSSR count). The summed E-state index contributed by atoms with van der Waals surface area (Å²) in [4.78, 5) is 22.2. The summed E-state index contributed by atoms with van der Waals surface area (Å²) in [6.07, 6.45) is 0. The Morgan fingerprint density at radius 2 is 0.844 bits per heavy atom. The Morgan fingerprint density at radius 1 is 0.562 bits per heavy atom. The summed E-state index contributed by atoms with van der Waals surface area (Å²) >= 11 is 0. The van der Waals surface area contributed by atoms with Crippen LogP contribution < -0.4 is 0 Å². The van der Waals surface area contributed by atoms with E-state index in [1.165, 1.54) is 22.8 Å². The summed E-state index contributed by atoms with van der Waals surface area (Å²) in [5.41, 5.74) is 9.24. The molecule has 4 aliphatic rings. The van der Waals surface area contributed by atoms with Gasteiger partial charge >= 0.3 is 0 Å². The van der Waals surface area contributed by atoms with Gasteiger partial charge in [-0.05, 0) is 62.6 Å². The molecule has 0 aliphatic carbocycles. The number of fused-ring (bicyclic) bond motifs is 14. The van der Waals surface area contributed by atoms with Crippen LogP contribution in [0, 0.1) is 0 Å². The van der Waals surface area contributed by atoms with Gasteiger partial charge in [0.15, 0.2) is 0 Å². The molecule has 0 amide bonds. The van der Waals surface area contributed by atoms with Crippen LogP contribution in [0.1, 0.15) is 46.4 Å². The van der Waals surface area contributed by atoms with Crippen molar-refractivity contribution in [1.29, 1.82) is 0 Å². The molecule has 2 fully saturated rings. The van der Waals surface area contributed by atoms with E-state index in [1.54, 1.807) is 0 Å². The zero-order chi connectivity index (χ0) is 21.4. The predicted molar refractivity (Wildman–Crippen MR) is 127 cm³/mol. The predicted octanol–water partition coefficient (Wildman–Crippen LogP) is 3.94. The number of aromatic amines is 2. The molecule has 3 aromatic rings. The minimum atomic E-state index is 0.462. The van der Waals surface area contributed by atoms with Gasteiger partial charge in [-0.2, -0.15) is 0 Å². The fourth-order valence-electron chi connectivity index (χ4n) is 6.22. The molecule has 7 heterocycles. The summed E-state index contributed by atoms with van der Waals surface area (Å²) in [6, 6.07) is 17.7. The van der Waals surface area contributed by atoms with E-state index in [9.17, 15) is 0 Å². The number of hydrogen-bond acceptors (Lipinski definition) is 4. The third-order valence-corrected chi connectivity index (χ3v) is 7.72. The first-order chi connectivity index (χ1) is 15.6. The number of rotatable bonds is 0. The first-order valence-corrected chi connectivity index (χ1v) is 11.6. The fourth-order valence-corrected chi connectivity index (χ4v) is 6.22. The lowest BCUT2D eigenvalue weighted by Gasteiger charge is -2.06. The maximum Gasteiger partial charge on any atom is 0.0478 e. The number of aromatic nitrogens is 4. The Labute approximate surface area is 187 Å². The van der Waals surface area contributed by atoms with Crippen molar-refractivity contribution in [3.63, 3.8) is 0 Å². The summed E-state index contributed by atoms with van der Waals surface area (Å²) in [6.45, 7) is 4.25. The van der Waals surface area contributed by atoms with Crippen LogP contribution >= 0.6 is 0 Å². The van der Waals surface area contributed by atoms with E-state index in [1.807, 2.05) is 0 Å². The Morgan fingerprint density at radius 3 is 1.12 bits per heavy atom. The van der Waals surface area contributed by atoms with Gasteiger partial charge in [0.2, 0.25) is 0 Å². The van der Waals surface area contributed by atoms with Gasteiger partial charge in [-0.25, -0.2) is 0 Å². The van der Waals surface area contributed by atoms with Gasteiger partial charge in [0.25, 0.3) is 0 Å². The number of likely N-dealkylation sites (tertiary alicyclic amines) is 2. The number of hydrogen-bond donors (Lipinski definition) is 2. The van der Waals surface area contributed by atoms with Crippen LogP contribution in [0.4, 0.5) is 0 Å². The molecule has 2 N–H and O–H groups in total. The summed E-state index contributed by atoms with van der Waals surface area (Å²) < 4.78 is 0. The Hall–Kier alpha value is -2.96. The SMILES string of the molecule is CN1CC2c3cc4ccc(cc5nc(cc6ccc(cc(n3)C2C1)[nH]6)C1CN(C)CC51)[nH]4. The average Bonchev–Trinajstić information content (AvgIpc) is 3.55. The molecule has 4 unspecified atom stereocenters. The van der Waals surface area contributed by atoms with Crippen molar-refractivity contribution in [2.45, 2.75) is 23.7 Å². The van der Waals surface area contributed by atoms with Gasteiger partial charge in [0, 0.05) is 94.7 Å². The molecule has 6 nitrogen and oxygen atoms in total. The van der Waals surface area contributed by atoms with E-state index in [4.69, 9.17) is 9.97 Å². The van der Waals surface area contributed by atoms with Crippen LogP contribution in [0.15, 0.2) is 48.5 Å². The van der Waals surface area contributed by atoms with Gasteiger partial charge < -0.3 is 19.8 Å².